The van der Waals surface area contributed by atoms with Crippen LogP contribution in [-0.4, -0.2) is 18.7 Å². The summed E-state index contributed by atoms with van der Waals surface area (Å²) in [6.45, 7) is 4.90. The maximum absolute atomic E-state index is 11.6. The first-order chi connectivity index (χ1) is 7.16. The first kappa shape index (κ1) is 10.7. The van der Waals surface area contributed by atoms with Crippen LogP contribution in [0.3, 0.4) is 0 Å². The van der Waals surface area contributed by atoms with Crippen molar-refractivity contribution in [1.82, 2.24) is 0 Å². The molecular weight excluding hydrogens is 192 g/mol. The fourth-order valence-electron chi connectivity index (χ4n) is 1.98. The van der Waals surface area contributed by atoms with E-state index in [0.717, 1.165) is 24.2 Å². The van der Waals surface area contributed by atoms with Gasteiger partial charge in [-0.2, -0.15) is 0 Å². The molecule has 1 aliphatic heterocycles. The topological polar surface area (TPSA) is 35.5 Å². The van der Waals surface area contributed by atoms with E-state index in [-0.39, 0.29) is 12.1 Å². The minimum Gasteiger partial charge on any atom is -0.469 e. The molecular formula is C12H18O3. The molecule has 1 heterocycles. The second kappa shape index (κ2) is 4.35. The summed E-state index contributed by atoms with van der Waals surface area (Å²) in [4.78, 5) is 11.6. The quantitative estimate of drug-likeness (QED) is 0.717. The van der Waals surface area contributed by atoms with Crippen molar-refractivity contribution in [1.29, 1.82) is 0 Å². The molecule has 0 aromatic rings. The maximum Gasteiger partial charge on any atom is 0.203 e. The monoisotopic (exact) mass is 210 g/mol. The van der Waals surface area contributed by atoms with Crippen LogP contribution < -0.4 is 0 Å². The van der Waals surface area contributed by atoms with Crippen LogP contribution in [0.2, 0.25) is 0 Å². The molecule has 0 fully saturated rings. The highest BCUT2D eigenvalue weighted by molar-refractivity contribution is 5.96. The largest absolute Gasteiger partial charge is 0.469 e. The van der Waals surface area contributed by atoms with E-state index in [2.05, 4.69) is 13.8 Å². The molecule has 15 heavy (non-hydrogen) atoms. The molecule has 3 nitrogen and oxygen atoms in total. The van der Waals surface area contributed by atoms with Crippen LogP contribution in [0.5, 0.6) is 0 Å². The zero-order valence-corrected chi connectivity index (χ0v) is 9.41. The molecule has 0 N–H and O–H groups in total. The molecule has 0 amide bonds. The number of rotatable bonds is 3. The van der Waals surface area contributed by atoms with E-state index in [9.17, 15) is 4.79 Å². The minimum atomic E-state index is -0.209. The van der Waals surface area contributed by atoms with Gasteiger partial charge in [-0.25, -0.2) is 0 Å². The number of carbonyl (C=O) groups is 1. The van der Waals surface area contributed by atoms with Crippen LogP contribution in [-0.2, 0) is 14.3 Å². The third-order valence-corrected chi connectivity index (χ3v) is 2.74. The highest BCUT2D eigenvalue weighted by Gasteiger charge is 2.32. The lowest BCUT2D eigenvalue weighted by atomic mass is 9.96. The van der Waals surface area contributed by atoms with Gasteiger partial charge >= 0.3 is 0 Å². The van der Waals surface area contributed by atoms with Crippen LogP contribution in [0.4, 0.5) is 0 Å². The number of ether oxygens (including phenoxy) is 2. The molecule has 2 rings (SSSR count). The van der Waals surface area contributed by atoms with Gasteiger partial charge in [0.15, 0.2) is 5.78 Å². The summed E-state index contributed by atoms with van der Waals surface area (Å²) in [5, 5.41) is 0. The van der Waals surface area contributed by atoms with Crippen LogP contribution in [0.25, 0.3) is 0 Å². The molecule has 2 aliphatic rings. The van der Waals surface area contributed by atoms with Crippen molar-refractivity contribution in [2.75, 3.05) is 6.61 Å². The number of Topliss-reactive ketones (excluding diaryl/α,β-unsaturated/α-hetero) is 1. The molecule has 0 radical (unpaired) electrons. The first-order valence-corrected chi connectivity index (χ1v) is 5.70. The van der Waals surface area contributed by atoms with Gasteiger partial charge in [-0.1, -0.05) is 13.8 Å². The Morgan fingerprint density at radius 3 is 2.93 bits per heavy atom. The molecule has 3 heteroatoms. The Morgan fingerprint density at radius 1 is 1.47 bits per heavy atom. The average Bonchev–Trinajstić information content (AvgIpc) is 2.59. The Hall–Kier alpha value is -0.830. The molecule has 0 aromatic heterocycles. The standard InChI is InChI=1S/C12H18O3/c1-8(2)7-14-12-6-9-10(13)4-3-5-11(9)15-12/h8,12H,3-7H2,1-2H3. The number of ketones is 1. The van der Waals surface area contributed by atoms with Crippen LogP contribution in [0.15, 0.2) is 11.3 Å². The second-order valence-corrected chi connectivity index (χ2v) is 4.66. The van der Waals surface area contributed by atoms with Gasteiger partial charge in [0.2, 0.25) is 6.29 Å². The van der Waals surface area contributed by atoms with Gasteiger partial charge in [0.1, 0.15) is 5.76 Å². The molecule has 1 aliphatic carbocycles. The molecule has 0 bridgehead atoms. The van der Waals surface area contributed by atoms with E-state index in [1.165, 1.54) is 0 Å². The Labute approximate surface area is 90.4 Å². The highest BCUT2D eigenvalue weighted by atomic mass is 16.7. The summed E-state index contributed by atoms with van der Waals surface area (Å²) in [6.07, 6.45) is 2.96. The number of hydrogen-bond donors (Lipinski definition) is 0. The molecule has 1 atom stereocenters. The van der Waals surface area contributed by atoms with Crippen molar-refractivity contribution in [2.45, 2.75) is 45.8 Å². The highest BCUT2D eigenvalue weighted by Crippen LogP contribution is 2.34. The van der Waals surface area contributed by atoms with Gasteiger partial charge in [-0.05, 0) is 12.3 Å². The molecule has 0 spiro atoms. The van der Waals surface area contributed by atoms with Crippen LogP contribution in [0, 0.1) is 5.92 Å². The maximum atomic E-state index is 11.6. The third kappa shape index (κ3) is 2.40. The summed E-state index contributed by atoms with van der Waals surface area (Å²) in [7, 11) is 0. The third-order valence-electron chi connectivity index (χ3n) is 2.74. The summed E-state index contributed by atoms with van der Waals surface area (Å²) in [6, 6.07) is 0. The van der Waals surface area contributed by atoms with Crippen molar-refractivity contribution < 1.29 is 14.3 Å². The van der Waals surface area contributed by atoms with Gasteiger partial charge < -0.3 is 9.47 Å². The summed E-state index contributed by atoms with van der Waals surface area (Å²) >= 11 is 0. The van der Waals surface area contributed by atoms with E-state index >= 15 is 0 Å². The van der Waals surface area contributed by atoms with Crippen molar-refractivity contribution in [2.24, 2.45) is 5.92 Å². The fraction of sp³-hybridized carbons (Fsp3) is 0.750. The van der Waals surface area contributed by atoms with Gasteiger partial charge in [-0.3, -0.25) is 4.79 Å². The van der Waals surface area contributed by atoms with Crippen molar-refractivity contribution in [3.63, 3.8) is 0 Å². The molecule has 0 saturated carbocycles. The lowest BCUT2D eigenvalue weighted by molar-refractivity contribution is -0.116. The predicted molar refractivity (Wildman–Crippen MR) is 56.2 cm³/mol. The van der Waals surface area contributed by atoms with E-state index in [4.69, 9.17) is 9.47 Å². The average molecular weight is 210 g/mol. The SMILES string of the molecule is CC(C)COC1CC2=C(CCCC2=O)O1. The number of carbonyl (C=O) groups excluding carboxylic acids is 1. The lowest BCUT2D eigenvalue weighted by Gasteiger charge is -2.15. The van der Waals surface area contributed by atoms with E-state index < -0.39 is 0 Å². The fourth-order valence-corrected chi connectivity index (χ4v) is 1.98. The molecule has 0 saturated heterocycles. The minimum absolute atomic E-state index is 0.209. The first-order valence-electron chi connectivity index (χ1n) is 5.70. The van der Waals surface area contributed by atoms with Crippen molar-refractivity contribution >= 4 is 5.78 Å². The van der Waals surface area contributed by atoms with Gasteiger partial charge in [0.05, 0.1) is 6.61 Å². The lowest BCUT2D eigenvalue weighted by Crippen LogP contribution is -2.15. The normalized spacial score (nSPS) is 25.8. The van der Waals surface area contributed by atoms with Gasteiger partial charge in [0.25, 0.3) is 0 Å². The van der Waals surface area contributed by atoms with E-state index in [0.29, 0.717) is 25.4 Å². The predicted octanol–water partition coefficient (Wildman–Crippen LogP) is 2.41. The zero-order valence-electron chi connectivity index (χ0n) is 9.41. The smallest absolute Gasteiger partial charge is 0.203 e. The van der Waals surface area contributed by atoms with Gasteiger partial charge in [-0.15, -0.1) is 0 Å². The molecule has 1 unspecified atom stereocenters. The van der Waals surface area contributed by atoms with Crippen molar-refractivity contribution in [3.8, 4) is 0 Å². The van der Waals surface area contributed by atoms with E-state index in [1.54, 1.807) is 0 Å². The second-order valence-electron chi connectivity index (χ2n) is 4.66. The Balaban J connectivity index is 1.89. The van der Waals surface area contributed by atoms with Crippen LogP contribution >= 0.6 is 0 Å². The number of hydrogen-bond acceptors (Lipinski definition) is 3. The molecule has 0 aromatic carbocycles. The Morgan fingerprint density at radius 2 is 2.27 bits per heavy atom. The number of allylic oxidation sites excluding steroid dienone is 1. The van der Waals surface area contributed by atoms with Crippen LogP contribution in [0.1, 0.15) is 39.5 Å². The van der Waals surface area contributed by atoms with E-state index in [1.807, 2.05) is 0 Å². The summed E-state index contributed by atoms with van der Waals surface area (Å²) in [5.41, 5.74) is 0.884. The van der Waals surface area contributed by atoms with Crippen molar-refractivity contribution in [3.05, 3.63) is 11.3 Å². The van der Waals surface area contributed by atoms with Gasteiger partial charge in [0, 0.05) is 24.8 Å². The Bertz CT molecular complexity index is 291. The zero-order chi connectivity index (χ0) is 10.8. The summed E-state index contributed by atoms with van der Waals surface area (Å²) in [5.74, 6) is 1.65. The summed E-state index contributed by atoms with van der Waals surface area (Å²) < 4.78 is 11.2. The Kier molecular flexibility index (Phi) is 3.10. The molecule has 84 valence electrons.